The molecule has 2 amide bonds. The molecule has 0 aliphatic carbocycles. The van der Waals surface area contributed by atoms with Crippen molar-refractivity contribution >= 4 is 41.2 Å². The summed E-state index contributed by atoms with van der Waals surface area (Å²) in [6.07, 6.45) is 2.62. The Morgan fingerprint density at radius 1 is 1.17 bits per heavy atom. The molecule has 2 aromatic carbocycles. The molecule has 0 spiro atoms. The van der Waals surface area contributed by atoms with E-state index >= 15 is 0 Å². The van der Waals surface area contributed by atoms with Crippen molar-refractivity contribution < 1.29 is 14.3 Å². The summed E-state index contributed by atoms with van der Waals surface area (Å²) in [7, 11) is 1.57. The summed E-state index contributed by atoms with van der Waals surface area (Å²) in [6, 6.07) is 12.3. The molecule has 29 heavy (non-hydrogen) atoms. The molecule has 1 fully saturated rings. The predicted molar refractivity (Wildman–Crippen MR) is 114 cm³/mol. The summed E-state index contributed by atoms with van der Waals surface area (Å²) >= 11 is 12.0. The zero-order valence-electron chi connectivity index (χ0n) is 15.9. The number of likely N-dealkylation sites (tertiary alicyclic amines) is 1. The molecule has 1 heterocycles. The lowest BCUT2D eigenvalue weighted by Gasteiger charge is -2.31. The van der Waals surface area contributed by atoms with Gasteiger partial charge in [0.1, 0.15) is 5.75 Å². The molecule has 0 saturated carbocycles. The molecule has 6 nitrogen and oxygen atoms in total. The van der Waals surface area contributed by atoms with Crippen molar-refractivity contribution in [3.05, 3.63) is 63.6 Å². The standard InChI is InChI=1S/C21H21Cl2N3O3/c1-29-17-6-2-4-15(12-17)21(28)26-10-8-14(9-11-26)20(27)25-24-13-16-5-3-7-18(22)19(16)23/h2-7,12-14H,8-11H2,1H3,(H,25,27)/b24-13-. The van der Waals surface area contributed by atoms with E-state index in [1.807, 2.05) is 0 Å². The smallest absolute Gasteiger partial charge is 0.253 e. The monoisotopic (exact) mass is 433 g/mol. The van der Waals surface area contributed by atoms with Crippen molar-refractivity contribution in [3.63, 3.8) is 0 Å². The molecule has 3 rings (SSSR count). The number of ether oxygens (including phenoxy) is 1. The number of hydrazone groups is 1. The van der Waals surface area contributed by atoms with Crippen LogP contribution in [0.3, 0.4) is 0 Å². The minimum atomic E-state index is -0.198. The Hall–Kier alpha value is -2.57. The largest absolute Gasteiger partial charge is 0.497 e. The van der Waals surface area contributed by atoms with Gasteiger partial charge in [-0.3, -0.25) is 9.59 Å². The van der Waals surface area contributed by atoms with E-state index < -0.39 is 0 Å². The quantitative estimate of drug-likeness (QED) is 0.571. The van der Waals surface area contributed by atoms with Gasteiger partial charge < -0.3 is 9.64 Å². The van der Waals surface area contributed by atoms with Gasteiger partial charge in [-0.2, -0.15) is 5.10 Å². The first-order chi connectivity index (χ1) is 14.0. The average molecular weight is 434 g/mol. The van der Waals surface area contributed by atoms with Crippen molar-refractivity contribution in [1.82, 2.24) is 10.3 Å². The highest BCUT2D eigenvalue weighted by atomic mass is 35.5. The lowest BCUT2D eigenvalue weighted by atomic mass is 9.95. The molecule has 8 heteroatoms. The van der Waals surface area contributed by atoms with Gasteiger partial charge in [0.2, 0.25) is 5.91 Å². The molecule has 2 aromatic rings. The van der Waals surface area contributed by atoms with Crippen molar-refractivity contribution in [2.75, 3.05) is 20.2 Å². The van der Waals surface area contributed by atoms with Gasteiger partial charge in [-0.1, -0.05) is 41.4 Å². The number of benzene rings is 2. The second-order valence-corrected chi connectivity index (χ2v) is 7.46. The Balaban J connectivity index is 1.52. The van der Waals surface area contributed by atoms with Gasteiger partial charge in [0.15, 0.2) is 0 Å². The zero-order valence-corrected chi connectivity index (χ0v) is 17.4. The third-order valence-corrected chi connectivity index (χ3v) is 5.66. The van der Waals surface area contributed by atoms with Crippen LogP contribution in [0.5, 0.6) is 5.75 Å². The summed E-state index contributed by atoms with van der Waals surface area (Å²) in [5.74, 6) is 0.211. The molecular weight excluding hydrogens is 413 g/mol. The highest BCUT2D eigenvalue weighted by Crippen LogP contribution is 2.24. The Morgan fingerprint density at radius 3 is 2.62 bits per heavy atom. The number of nitrogens with one attached hydrogen (secondary N) is 1. The van der Waals surface area contributed by atoms with Crippen LogP contribution in [0.1, 0.15) is 28.8 Å². The molecule has 1 aliphatic heterocycles. The van der Waals surface area contributed by atoms with Crippen LogP contribution in [0.15, 0.2) is 47.6 Å². The maximum absolute atomic E-state index is 12.7. The normalized spacial score (nSPS) is 14.8. The second-order valence-electron chi connectivity index (χ2n) is 6.68. The summed E-state index contributed by atoms with van der Waals surface area (Å²) in [4.78, 5) is 26.8. The zero-order chi connectivity index (χ0) is 20.8. The van der Waals surface area contributed by atoms with Crippen LogP contribution in [0.25, 0.3) is 0 Å². The third kappa shape index (κ3) is 5.28. The summed E-state index contributed by atoms with van der Waals surface area (Å²) < 4.78 is 5.17. The van der Waals surface area contributed by atoms with Gasteiger partial charge in [-0.05, 0) is 37.1 Å². The number of carbonyl (C=O) groups is 2. The molecule has 0 bridgehead atoms. The molecule has 0 unspecified atom stereocenters. The lowest BCUT2D eigenvalue weighted by molar-refractivity contribution is -0.126. The Bertz CT molecular complexity index is 925. The van der Waals surface area contributed by atoms with Crippen LogP contribution in [0.2, 0.25) is 10.0 Å². The first kappa shape index (κ1) is 21.1. The van der Waals surface area contributed by atoms with Crippen LogP contribution in [0, 0.1) is 5.92 Å². The predicted octanol–water partition coefficient (Wildman–Crippen LogP) is 4.00. The molecule has 152 valence electrons. The lowest BCUT2D eigenvalue weighted by Crippen LogP contribution is -2.42. The number of amides is 2. The van der Waals surface area contributed by atoms with Gasteiger partial charge in [0.05, 0.1) is 23.4 Å². The summed E-state index contributed by atoms with van der Waals surface area (Å²) in [5, 5.41) is 4.79. The highest BCUT2D eigenvalue weighted by Gasteiger charge is 2.27. The van der Waals surface area contributed by atoms with E-state index in [2.05, 4.69) is 10.5 Å². The van der Waals surface area contributed by atoms with E-state index in [0.29, 0.717) is 52.9 Å². The Morgan fingerprint density at radius 2 is 1.90 bits per heavy atom. The molecule has 1 aliphatic rings. The second kappa shape index (κ2) is 9.76. The van der Waals surface area contributed by atoms with Crippen LogP contribution in [-0.2, 0) is 4.79 Å². The summed E-state index contributed by atoms with van der Waals surface area (Å²) in [6.45, 7) is 1.02. The fourth-order valence-electron chi connectivity index (χ4n) is 3.16. The van der Waals surface area contributed by atoms with Crippen molar-refractivity contribution in [2.24, 2.45) is 11.0 Å². The molecular formula is C21H21Cl2N3O3. The SMILES string of the molecule is COc1cccc(C(=O)N2CCC(C(=O)N/N=C\c3cccc(Cl)c3Cl)CC2)c1. The van der Waals surface area contributed by atoms with Crippen LogP contribution in [0.4, 0.5) is 0 Å². The average Bonchev–Trinajstić information content (AvgIpc) is 2.76. The number of nitrogens with zero attached hydrogens (tertiary/aromatic N) is 2. The fraction of sp³-hybridized carbons (Fsp3) is 0.286. The minimum absolute atomic E-state index is 0.0589. The van der Waals surface area contributed by atoms with Crippen LogP contribution < -0.4 is 10.2 Å². The van der Waals surface area contributed by atoms with E-state index in [0.717, 1.165) is 0 Å². The maximum Gasteiger partial charge on any atom is 0.253 e. The van der Waals surface area contributed by atoms with Crippen LogP contribution >= 0.6 is 23.2 Å². The van der Waals surface area contributed by atoms with Crippen molar-refractivity contribution in [3.8, 4) is 5.75 Å². The molecule has 1 N–H and O–H groups in total. The number of halogens is 2. The van der Waals surface area contributed by atoms with Gasteiger partial charge in [0, 0.05) is 30.1 Å². The van der Waals surface area contributed by atoms with Crippen molar-refractivity contribution in [2.45, 2.75) is 12.8 Å². The molecule has 1 saturated heterocycles. The fourth-order valence-corrected chi connectivity index (χ4v) is 3.52. The maximum atomic E-state index is 12.7. The molecule has 0 atom stereocenters. The van der Waals surface area contributed by atoms with Crippen LogP contribution in [-0.4, -0.2) is 43.1 Å². The van der Waals surface area contributed by atoms with Gasteiger partial charge in [-0.15, -0.1) is 0 Å². The van der Waals surface area contributed by atoms with E-state index in [4.69, 9.17) is 27.9 Å². The third-order valence-electron chi connectivity index (χ3n) is 4.83. The number of hydrogen-bond donors (Lipinski definition) is 1. The number of piperidine rings is 1. The van der Waals surface area contributed by atoms with E-state index in [-0.39, 0.29) is 17.7 Å². The van der Waals surface area contributed by atoms with Gasteiger partial charge in [-0.25, -0.2) is 5.43 Å². The van der Waals surface area contributed by atoms with E-state index in [1.165, 1.54) is 6.21 Å². The Labute approximate surface area is 179 Å². The first-order valence-electron chi connectivity index (χ1n) is 9.20. The van der Waals surface area contributed by atoms with Gasteiger partial charge in [0.25, 0.3) is 5.91 Å². The minimum Gasteiger partial charge on any atom is -0.497 e. The van der Waals surface area contributed by atoms with Crippen molar-refractivity contribution in [1.29, 1.82) is 0 Å². The highest BCUT2D eigenvalue weighted by molar-refractivity contribution is 6.43. The Kier molecular flexibility index (Phi) is 7.12. The topological polar surface area (TPSA) is 71.0 Å². The van der Waals surface area contributed by atoms with E-state index in [1.54, 1.807) is 54.5 Å². The molecule has 0 aromatic heterocycles. The number of methoxy groups -OCH3 is 1. The molecule has 0 radical (unpaired) electrons. The van der Waals surface area contributed by atoms with Gasteiger partial charge >= 0.3 is 0 Å². The summed E-state index contributed by atoms with van der Waals surface area (Å²) in [5.41, 5.74) is 3.75. The van der Waals surface area contributed by atoms with E-state index in [9.17, 15) is 9.59 Å². The number of hydrogen-bond acceptors (Lipinski definition) is 4. The number of carbonyl (C=O) groups excluding carboxylic acids is 2. The first-order valence-corrected chi connectivity index (χ1v) is 9.95. The number of rotatable bonds is 5.